The maximum atomic E-state index is 13.5. The van der Waals surface area contributed by atoms with Crippen molar-refractivity contribution in [1.82, 2.24) is 10.2 Å². The molecule has 1 saturated heterocycles. The molecule has 19 heavy (non-hydrogen) atoms. The number of methoxy groups -OCH3 is 1. The molecule has 2 rings (SSSR count). The lowest BCUT2D eigenvalue weighted by molar-refractivity contribution is 0.0170. The summed E-state index contributed by atoms with van der Waals surface area (Å²) in [5.41, 5.74) is 0.536. The third kappa shape index (κ3) is 3.43. The zero-order chi connectivity index (χ0) is 13.8. The van der Waals surface area contributed by atoms with Crippen LogP contribution >= 0.6 is 15.9 Å². The molecule has 0 aliphatic carbocycles. The maximum absolute atomic E-state index is 13.5. The Balaban J connectivity index is 2.34. The van der Waals surface area contributed by atoms with Crippen LogP contribution in [0.4, 0.5) is 8.78 Å². The van der Waals surface area contributed by atoms with Crippen LogP contribution in [-0.4, -0.2) is 44.6 Å². The summed E-state index contributed by atoms with van der Waals surface area (Å²) in [5, 5.41) is 3.17. The molecule has 0 bridgehead atoms. The van der Waals surface area contributed by atoms with Gasteiger partial charge in [-0.15, -0.1) is 0 Å². The lowest BCUT2D eigenvalue weighted by atomic mass is 10.0. The highest BCUT2D eigenvalue weighted by Crippen LogP contribution is 2.35. The van der Waals surface area contributed by atoms with E-state index in [1.165, 1.54) is 7.11 Å². The second-order valence-electron chi connectivity index (χ2n) is 4.45. The second-order valence-corrected chi connectivity index (χ2v) is 5.37. The van der Waals surface area contributed by atoms with Crippen molar-refractivity contribution < 1.29 is 13.5 Å². The number of ether oxygens (including phenoxy) is 1. The van der Waals surface area contributed by atoms with E-state index >= 15 is 0 Å². The highest BCUT2D eigenvalue weighted by atomic mass is 79.9. The molecule has 1 aromatic carbocycles. The van der Waals surface area contributed by atoms with E-state index in [4.69, 9.17) is 4.74 Å². The molecule has 0 saturated carbocycles. The number of halogens is 3. The molecule has 1 aromatic rings. The minimum atomic E-state index is -2.44. The molecular weight excluding hydrogens is 318 g/mol. The van der Waals surface area contributed by atoms with Gasteiger partial charge in [0.05, 0.1) is 7.11 Å². The normalized spacial score (nSPS) is 18.6. The summed E-state index contributed by atoms with van der Waals surface area (Å²) in [4.78, 5) is 1.81. The third-order valence-corrected chi connectivity index (χ3v) is 3.79. The van der Waals surface area contributed by atoms with Crippen molar-refractivity contribution >= 4 is 15.9 Å². The van der Waals surface area contributed by atoms with Crippen molar-refractivity contribution in [3.63, 3.8) is 0 Å². The van der Waals surface area contributed by atoms with Gasteiger partial charge in [0.25, 0.3) is 6.43 Å². The Hall–Kier alpha value is -0.720. The summed E-state index contributed by atoms with van der Waals surface area (Å²) in [6, 6.07) is 4.31. The molecule has 3 nitrogen and oxygen atoms in total. The highest BCUT2D eigenvalue weighted by Gasteiger charge is 2.32. The Morgan fingerprint density at radius 2 is 2.00 bits per heavy atom. The number of piperazine rings is 1. The molecule has 1 heterocycles. The average molecular weight is 335 g/mol. The molecule has 0 amide bonds. The van der Waals surface area contributed by atoms with Gasteiger partial charge >= 0.3 is 0 Å². The topological polar surface area (TPSA) is 24.5 Å². The largest absolute Gasteiger partial charge is 0.496 e. The first-order valence-electron chi connectivity index (χ1n) is 6.20. The molecule has 1 aliphatic heterocycles. The standard InChI is InChI=1S/C13H17BrF2N2O/c1-19-11-3-2-9(14)8-10(11)12(13(15)16)18-6-4-17-5-7-18/h2-3,8,12-13,17H,4-7H2,1H3/t12-/m0/s1. The number of hydrogen-bond acceptors (Lipinski definition) is 3. The quantitative estimate of drug-likeness (QED) is 0.916. The lowest BCUT2D eigenvalue weighted by Gasteiger charge is -2.35. The predicted molar refractivity (Wildman–Crippen MR) is 73.9 cm³/mol. The molecule has 106 valence electrons. The minimum absolute atomic E-state index is 0.507. The minimum Gasteiger partial charge on any atom is -0.496 e. The van der Waals surface area contributed by atoms with E-state index in [9.17, 15) is 8.78 Å². The van der Waals surface area contributed by atoms with E-state index in [0.29, 0.717) is 24.4 Å². The fourth-order valence-electron chi connectivity index (χ4n) is 2.39. The van der Waals surface area contributed by atoms with E-state index in [1.54, 1.807) is 18.2 Å². The Morgan fingerprint density at radius 1 is 1.32 bits per heavy atom. The van der Waals surface area contributed by atoms with Crippen molar-refractivity contribution in [3.8, 4) is 5.75 Å². The van der Waals surface area contributed by atoms with Crippen LogP contribution < -0.4 is 10.1 Å². The van der Waals surface area contributed by atoms with E-state index in [2.05, 4.69) is 21.2 Å². The first-order chi connectivity index (χ1) is 9.13. The van der Waals surface area contributed by atoms with Crippen LogP contribution in [0.25, 0.3) is 0 Å². The lowest BCUT2D eigenvalue weighted by Crippen LogP contribution is -2.47. The molecule has 1 aliphatic rings. The zero-order valence-corrected chi connectivity index (χ0v) is 12.3. The monoisotopic (exact) mass is 334 g/mol. The molecule has 0 unspecified atom stereocenters. The summed E-state index contributed by atoms with van der Waals surface area (Å²) in [5.74, 6) is 0.507. The van der Waals surface area contributed by atoms with E-state index in [1.807, 2.05) is 4.90 Å². The molecule has 6 heteroatoms. The Labute approximate surface area is 120 Å². The average Bonchev–Trinajstić information content (AvgIpc) is 2.40. The van der Waals surface area contributed by atoms with Gasteiger partial charge in [-0.3, -0.25) is 4.90 Å². The number of hydrogen-bond donors (Lipinski definition) is 1. The highest BCUT2D eigenvalue weighted by molar-refractivity contribution is 9.10. The van der Waals surface area contributed by atoms with Gasteiger partial charge in [0, 0.05) is 36.2 Å². The van der Waals surface area contributed by atoms with Gasteiger partial charge in [-0.05, 0) is 18.2 Å². The maximum Gasteiger partial charge on any atom is 0.258 e. The molecule has 0 radical (unpaired) electrons. The van der Waals surface area contributed by atoms with Crippen molar-refractivity contribution in [2.24, 2.45) is 0 Å². The second kappa shape index (κ2) is 6.63. The van der Waals surface area contributed by atoms with Gasteiger partial charge in [0.1, 0.15) is 11.8 Å². The number of alkyl halides is 2. The first kappa shape index (κ1) is 14.7. The summed E-state index contributed by atoms with van der Waals surface area (Å²) < 4.78 is 33.0. The zero-order valence-electron chi connectivity index (χ0n) is 10.7. The summed E-state index contributed by atoms with van der Waals surface area (Å²) in [6.45, 7) is 2.70. The van der Waals surface area contributed by atoms with Crippen LogP contribution in [0.1, 0.15) is 11.6 Å². The molecular formula is C13H17BrF2N2O. The van der Waals surface area contributed by atoms with Crippen LogP contribution in [0.2, 0.25) is 0 Å². The number of benzene rings is 1. The van der Waals surface area contributed by atoms with Crippen molar-refractivity contribution in [3.05, 3.63) is 28.2 Å². The van der Waals surface area contributed by atoms with Crippen molar-refractivity contribution in [1.29, 1.82) is 0 Å². The van der Waals surface area contributed by atoms with Gasteiger partial charge < -0.3 is 10.1 Å². The van der Waals surface area contributed by atoms with Gasteiger partial charge in [0.2, 0.25) is 0 Å². The SMILES string of the molecule is COc1ccc(Br)cc1[C@@H](C(F)F)N1CCNCC1. The molecule has 1 fully saturated rings. The summed E-state index contributed by atoms with van der Waals surface area (Å²) >= 11 is 3.34. The Morgan fingerprint density at radius 3 is 2.58 bits per heavy atom. The van der Waals surface area contributed by atoms with Crippen LogP contribution in [0, 0.1) is 0 Å². The van der Waals surface area contributed by atoms with Gasteiger partial charge in [-0.2, -0.15) is 0 Å². The summed E-state index contributed by atoms with van der Waals surface area (Å²) in [6.07, 6.45) is -2.44. The molecule has 0 spiro atoms. The van der Waals surface area contributed by atoms with Crippen molar-refractivity contribution in [2.45, 2.75) is 12.5 Å². The van der Waals surface area contributed by atoms with Crippen molar-refractivity contribution in [2.75, 3.05) is 33.3 Å². The van der Waals surface area contributed by atoms with Gasteiger partial charge in [-0.1, -0.05) is 15.9 Å². The number of nitrogens with one attached hydrogen (secondary N) is 1. The van der Waals surface area contributed by atoms with Gasteiger partial charge in [-0.25, -0.2) is 8.78 Å². The van der Waals surface area contributed by atoms with Crippen LogP contribution in [-0.2, 0) is 0 Å². The fraction of sp³-hybridized carbons (Fsp3) is 0.538. The van der Waals surface area contributed by atoms with E-state index in [-0.39, 0.29) is 0 Å². The third-order valence-electron chi connectivity index (χ3n) is 3.29. The Bertz CT molecular complexity index is 425. The number of rotatable bonds is 4. The van der Waals surface area contributed by atoms with E-state index in [0.717, 1.165) is 17.6 Å². The molecule has 0 aromatic heterocycles. The smallest absolute Gasteiger partial charge is 0.258 e. The fourth-order valence-corrected chi connectivity index (χ4v) is 2.77. The van der Waals surface area contributed by atoms with Gasteiger partial charge in [0.15, 0.2) is 0 Å². The molecule has 1 atom stereocenters. The summed E-state index contributed by atoms with van der Waals surface area (Å²) in [7, 11) is 1.51. The van der Waals surface area contributed by atoms with Crippen LogP contribution in [0.3, 0.4) is 0 Å². The predicted octanol–water partition coefficient (Wildman–Crippen LogP) is 2.67. The Kier molecular flexibility index (Phi) is 5.13. The van der Waals surface area contributed by atoms with E-state index < -0.39 is 12.5 Å². The van der Waals surface area contributed by atoms with Crippen LogP contribution in [0.15, 0.2) is 22.7 Å². The number of nitrogens with zero attached hydrogens (tertiary/aromatic N) is 1. The first-order valence-corrected chi connectivity index (χ1v) is 6.99. The van der Waals surface area contributed by atoms with Crippen LogP contribution in [0.5, 0.6) is 5.75 Å². The molecule has 1 N–H and O–H groups in total.